The number of pyridine rings is 1. The van der Waals surface area contributed by atoms with Crippen LogP contribution in [0.3, 0.4) is 0 Å². The first-order valence-electron chi connectivity index (χ1n) is 6.10. The quantitative estimate of drug-likeness (QED) is 0.519. The topological polar surface area (TPSA) is 30.0 Å². The summed E-state index contributed by atoms with van der Waals surface area (Å²) in [5.74, 6) is -2.30. The number of nitrogens with zero attached hydrogens (tertiary/aromatic N) is 1. The van der Waals surface area contributed by atoms with Crippen molar-refractivity contribution >= 4 is 28.2 Å². The van der Waals surface area contributed by atoms with Crippen molar-refractivity contribution in [2.45, 2.75) is 0 Å². The second-order valence-corrected chi connectivity index (χ2v) is 4.88. The van der Waals surface area contributed by atoms with E-state index in [2.05, 4.69) is 4.98 Å². The molecule has 104 valence electrons. The van der Waals surface area contributed by atoms with Gasteiger partial charge in [-0.15, -0.1) is 0 Å². The maximum Gasteiger partial charge on any atom is 0.196 e. The first-order valence-corrected chi connectivity index (χ1v) is 6.47. The van der Waals surface area contributed by atoms with Gasteiger partial charge in [-0.05, 0) is 23.6 Å². The fraction of sp³-hybridized carbons (Fsp3) is 0. The average molecular weight is 304 g/mol. The Kier molecular flexibility index (Phi) is 3.39. The molecular formula is C16H8ClF2NO. The lowest BCUT2D eigenvalue weighted by Gasteiger charge is -2.07. The van der Waals surface area contributed by atoms with Gasteiger partial charge in [-0.3, -0.25) is 9.78 Å². The molecule has 0 fully saturated rings. The first-order chi connectivity index (χ1) is 10.1. The summed E-state index contributed by atoms with van der Waals surface area (Å²) >= 11 is 5.50. The monoisotopic (exact) mass is 303 g/mol. The molecule has 1 heterocycles. The van der Waals surface area contributed by atoms with Crippen molar-refractivity contribution in [3.8, 4) is 0 Å². The minimum Gasteiger partial charge on any atom is -0.288 e. The van der Waals surface area contributed by atoms with Gasteiger partial charge in [0.15, 0.2) is 5.78 Å². The number of hydrogen-bond donors (Lipinski definition) is 0. The van der Waals surface area contributed by atoms with Crippen LogP contribution < -0.4 is 0 Å². The highest BCUT2D eigenvalue weighted by Crippen LogP contribution is 2.25. The van der Waals surface area contributed by atoms with Crippen molar-refractivity contribution in [3.05, 3.63) is 76.6 Å². The SMILES string of the molecule is O=C(c1cc(F)c(Cl)cc1F)c1cccc2ccncc12. The number of carbonyl (C=O) groups excluding carboxylic acids is 1. The summed E-state index contributed by atoms with van der Waals surface area (Å²) in [5, 5.41) is 1.02. The second kappa shape index (κ2) is 5.22. The van der Waals surface area contributed by atoms with Crippen molar-refractivity contribution in [2.24, 2.45) is 0 Å². The number of ketones is 1. The Bertz CT molecular complexity index is 859. The van der Waals surface area contributed by atoms with Crippen LogP contribution in [0.2, 0.25) is 5.02 Å². The lowest BCUT2D eigenvalue weighted by molar-refractivity contribution is 0.103. The maximum atomic E-state index is 13.9. The van der Waals surface area contributed by atoms with E-state index in [1.54, 1.807) is 24.4 Å². The van der Waals surface area contributed by atoms with Crippen LogP contribution in [0.15, 0.2) is 48.8 Å². The van der Waals surface area contributed by atoms with E-state index in [1.165, 1.54) is 6.20 Å². The Balaban J connectivity index is 2.20. The van der Waals surface area contributed by atoms with Crippen LogP contribution in [0.1, 0.15) is 15.9 Å². The zero-order valence-electron chi connectivity index (χ0n) is 10.6. The molecule has 0 radical (unpaired) electrons. The molecule has 0 saturated heterocycles. The van der Waals surface area contributed by atoms with E-state index in [1.807, 2.05) is 6.07 Å². The summed E-state index contributed by atoms with van der Waals surface area (Å²) in [6, 6.07) is 8.40. The number of halogens is 3. The van der Waals surface area contributed by atoms with E-state index in [-0.39, 0.29) is 16.1 Å². The molecule has 0 aliphatic carbocycles. The number of carbonyl (C=O) groups is 1. The van der Waals surface area contributed by atoms with E-state index in [4.69, 9.17) is 11.6 Å². The minimum atomic E-state index is -0.854. The molecule has 0 aliphatic rings. The van der Waals surface area contributed by atoms with Gasteiger partial charge in [-0.2, -0.15) is 0 Å². The van der Waals surface area contributed by atoms with E-state index in [0.29, 0.717) is 5.39 Å². The molecule has 5 heteroatoms. The number of fused-ring (bicyclic) bond motifs is 1. The van der Waals surface area contributed by atoms with Crippen molar-refractivity contribution in [1.29, 1.82) is 0 Å². The summed E-state index contributed by atoms with van der Waals surface area (Å²) in [7, 11) is 0. The van der Waals surface area contributed by atoms with Crippen LogP contribution in [0, 0.1) is 11.6 Å². The van der Waals surface area contributed by atoms with Crippen molar-refractivity contribution in [2.75, 3.05) is 0 Å². The molecule has 0 N–H and O–H groups in total. The van der Waals surface area contributed by atoms with Gasteiger partial charge in [0.1, 0.15) is 11.6 Å². The van der Waals surface area contributed by atoms with Gasteiger partial charge in [0.05, 0.1) is 10.6 Å². The Hall–Kier alpha value is -2.33. The highest BCUT2D eigenvalue weighted by Gasteiger charge is 2.18. The van der Waals surface area contributed by atoms with Gasteiger partial charge >= 0.3 is 0 Å². The third kappa shape index (κ3) is 2.38. The lowest BCUT2D eigenvalue weighted by Crippen LogP contribution is -2.06. The molecule has 0 spiro atoms. The normalized spacial score (nSPS) is 10.8. The minimum absolute atomic E-state index is 0.265. The fourth-order valence-electron chi connectivity index (χ4n) is 2.15. The molecule has 1 aromatic heterocycles. The molecular weight excluding hydrogens is 296 g/mol. The largest absolute Gasteiger partial charge is 0.288 e. The van der Waals surface area contributed by atoms with E-state index in [0.717, 1.165) is 17.5 Å². The number of benzene rings is 2. The summed E-state index contributed by atoms with van der Waals surface area (Å²) in [5.41, 5.74) is -0.0884. The van der Waals surface area contributed by atoms with Crippen LogP contribution in [-0.4, -0.2) is 10.8 Å². The van der Waals surface area contributed by atoms with Gasteiger partial charge in [0.25, 0.3) is 0 Å². The zero-order chi connectivity index (χ0) is 15.0. The first kappa shape index (κ1) is 13.6. The molecule has 0 bridgehead atoms. The third-order valence-electron chi connectivity index (χ3n) is 3.18. The predicted octanol–water partition coefficient (Wildman–Crippen LogP) is 4.40. The van der Waals surface area contributed by atoms with E-state index < -0.39 is 17.4 Å². The highest BCUT2D eigenvalue weighted by atomic mass is 35.5. The van der Waals surface area contributed by atoms with Gasteiger partial charge < -0.3 is 0 Å². The molecule has 2 aromatic carbocycles. The van der Waals surface area contributed by atoms with Crippen LogP contribution in [0.25, 0.3) is 10.8 Å². The maximum absolute atomic E-state index is 13.9. The number of aromatic nitrogens is 1. The summed E-state index contributed by atoms with van der Waals surface area (Å²) in [6.07, 6.45) is 3.12. The summed E-state index contributed by atoms with van der Waals surface area (Å²) in [6.45, 7) is 0. The predicted molar refractivity (Wildman–Crippen MR) is 76.5 cm³/mol. The molecule has 0 amide bonds. The van der Waals surface area contributed by atoms with Crippen LogP contribution in [0.4, 0.5) is 8.78 Å². The number of hydrogen-bond acceptors (Lipinski definition) is 2. The van der Waals surface area contributed by atoms with E-state index >= 15 is 0 Å². The van der Waals surface area contributed by atoms with Gasteiger partial charge in [0.2, 0.25) is 0 Å². The van der Waals surface area contributed by atoms with Gasteiger partial charge in [-0.25, -0.2) is 8.78 Å². The summed E-state index contributed by atoms with van der Waals surface area (Å²) < 4.78 is 27.4. The number of rotatable bonds is 2. The van der Waals surface area contributed by atoms with Crippen molar-refractivity contribution < 1.29 is 13.6 Å². The average Bonchev–Trinajstić information content (AvgIpc) is 2.49. The Morgan fingerprint density at radius 3 is 2.67 bits per heavy atom. The van der Waals surface area contributed by atoms with Gasteiger partial charge in [0, 0.05) is 23.3 Å². The third-order valence-corrected chi connectivity index (χ3v) is 3.47. The molecule has 0 atom stereocenters. The lowest BCUT2D eigenvalue weighted by atomic mass is 9.98. The van der Waals surface area contributed by atoms with Crippen molar-refractivity contribution in [3.63, 3.8) is 0 Å². The molecule has 21 heavy (non-hydrogen) atoms. The smallest absolute Gasteiger partial charge is 0.196 e. The molecule has 0 aliphatic heterocycles. The molecule has 0 unspecified atom stereocenters. The van der Waals surface area contributed by atoms with Gasteiger partial charge in [-0.1, -0.05) is 29.8 Å². The molecule has 3 aromatic rings. The highest BCUT2D eigenvalue weighted by molar-refractivity contribution is 6.31. The molecule has 0 saturated carbocycles. The Labute approximate surface area is 124 Å². The van der Waals surface area contributed by atoms with Crippen LogP contribution in [0.5, 0.6) is 0 Å². The Morgan fingerprint density at radius 2 is 1.86 bits per heavy atom. The molecule has 2 nitrogen and oxygen atoms in total. The van der Waals surface area contributed by atoms with Crippen molar-refractivity contribution in [1.82, 2.24) is 4.98 Å². The standard InChI is InChI=1S/C16H8ClF2NO/c17-13-7-14(18)11(6-15(13)19)16(21)10-3-1-2-9-4-5-20-8-12(9)10/h1-8H. The molecule has 3 rings (SSSR count). The fourth-order valence-corrected chi connectivity index (χ4v) is 2.30. The van der Waals surface area contributed by atoms with Crippen LogP contribution in [-0.2, 0) is 0 Å². The van der Waals surface area contributed by atoms with Crippen LogP contribution >= 0.6 is 11.6 Å². The second-order valence-electron chi connectivity index (χ2n) is 4.48. The zero-order valence-corrected chi connectivity index (χ0v) is 11.4. The summed E-state index contributed by atoms with van der Waals surface area (Å²) in [4.78, 5) is 16.4. The van der Waals surface area contributed by atoms with E-state index in [9.17, 15) is 13.6 Å². The Morgan fingerprint density at radius 1 is 1.05 bits per heavy atom.